The van der Waals surface area contributed by atoms with Crippen LogP contribution in [-0.4, -0.2) is 37.1 Å². The van der Waals surface area contributed by atoms with E-state index in [4.69, 9.17) is 5.73 Å². The summed E-state index contributed by atoms with van der Waals surface area (Å²) in [4.78, 5) is 16.2. The van der Waals surface area contributed by atoms with Crippen LogP contribution >= 0.6 is 0 Å². The standard InChI is InChI=1S/C23H26F2N6O2S/c1-22(2,3)20-28-17(18(29-20)14-8-7-13(24)10-15(14)25)12-9-16-19(27-11-12)30-21(26)31(16)34(32,33)23(4,5)6/h7-11H,1-6H3,(H,28,29)(H2,26,27,30). The molecule has 0 aliphatic rings. The molecule has 0 amide bonds. The van der Waals surface area contributed by atoms with Gasteiger partial charge < -0.3 is 10.7 Å². The van der Waals surface area contributed by atoms with E-state index in [1.54, 1.807) is 26.8 Å². The van der Waals surface area contributed by atoms with Crippen molar-refractivity contribution < 1.29 is 17.2 Å². The summed E-state index contributed by atoms with van der Waals surface area (Å²) in [6, 6.07) is 4.84. The number of anilines is 1. The van der Waals surface area contributed by atoms with E-state index in [9.17, 15) is 17.2 Å². The monoisotopic (exact) mass is 488 g/mol. The van der Waals surface area contributed by atoms with Crippen LogP contribution in [0.15, 0.2) is 30.5 Å². The summed E-state index contributed by atoms with van der Waals surface area (Å²) in [5, 5.41) is 0. The van der Waals surface area contributed by atoms with E-state index in [1.807, 2.05) is 20.8 Å². The molecule has 3 N–H and O–H groups in total. The second kappa shape index (κ2) is 7.59. The van der Waals surface area contributed by atoms with Crippen LogP contribution in [0.1, 0.15) is 47.4 Å². The summed E-state index contributed by atoms with van der Waals surface area (Å²) in [6.45, 7) is 10.5. The third kappa shape index (κ3) is 3.83. The Labute approximate surface area is 196 Å². The number of nitrogens with one attached hydrogen (secondary N) is 1. The van der Waals surface area contributed by atoms with Gasteiger partial charge in [0.05, 0.1) is 16.1 Å². The lowest BCUT2D eigenvalue weighted by atomic mass is 9.96. The summed E-state index contributed by atoms with van der Waals surface area (Å²) in [5.74, 6) is -1.11. The van der Waals surface area contributed by atoms with Gasteiger partial charge in [-0.1, -0.05) is 20.8 Å². The van der Waals surface area contributed by atoms with Crippen molar-refractivity contribution in [2.75, 3.05) is 5.73 Å². The largest absolute Gasteiger partial charge is 0.368 e. The molecule has 0 bridgehead atoms. The molecule has 3 aromatic heterocycles. The second-order valence-corrected chi connectivity index (χ2v) is 12.6. The Morgan fingerprint density at radius 3 is 2.29 bits per heavy atom. The number of nitrogens with two attached hydrogens (primary N) is 1. The molecule has 0 fully saturated rings. The lowest BCUT2D eigenvalue weighted by molar-refractivity contribution is 0.552. The maximum atomic E-state index is 14.7. The fourth-order valence-corrected chi connectivity index (χ4v) is 4.67. The first-order chi connectivity index (χ1) is 15.6. The van der Waals surface area contributed by atoms with Gasteiger partial charge in [0.1, 0.15) is 23.0 Å². The number of hydrogen-bond donors (Lipinski definition) is 2. The number of nitrogens with zero attached hydrogens (tertiary/aromatic N) is 4. The SMILES string of the molecule is CC(C)(C)c1nc(-c2cnc3nc(N)n(S(=O)(=O)C(C)(C)C)c3c2)c(-c2ccc(F)cc2F)[nH]1. The van der Waals surface area contributed by atoms with Gasteiger partial charge in [-0.05, 0) is 39.0 Å². The second-order valence-electron chi connectivity index (χ2n) is 10.1. The number of aromatic amines is 1. The van der Waals surface area contributed by atoms with E-state index >= 15 is 0 Å². The quantitative estimate of drug-likeness (QED) is 0.434. The summed E-state index contributed by atoms with van der Waals surface area (Å²) >= 11 is 0. The molecule has 0 saturated heterocycles. The van der Waals surface area contributed by atoms with Crippen molar-refractivity contribution in [3.63, 3.8) is 0 Å². The van der Waals surface area contributed by atoms with Crippen molar-refractivity contribution in [2.45, 2.75) is 51.7 Å². The molecule has 11 heteroatoms. The Kier molecular flexibility index (Phi) is 5.31. The number of aromatic nitrogens is 5. The summed E-state index contributed by atoms with van der Waals surface area (Å²) in [5.41, 5.74) is 7.08. The number of benzene rings is 1. The van der Waals surface area contributed by atoms with Gasteiger partial charge in [-0.2, -0.15) is 4.98 Å². The van der Waals surface area contributed by atoms with Crippen molar-refractivity contribution in [3.05, 3.63) is 47.9 Å². The Balaban J connectivity index is 2.01. The van der Waals surface area contributed by atoms with Crippen molar-refractivity contribution >= 4 is 27.1 Å². The Morgan fingerprint density at radius 1 is 1.03 bits per heavy atom. The highest BCUT2D eigenvalue weighted by molar-refractivity contribution is 7.91. The summed E-state index contributed by atoms with van der Waals surface area (Å²) in [7, 11) is -3.92. The molecule has 0 unspecified atom stereocenters. The molecular weight excluding hydrogens is 462 g/mol. The zero-order chi connectivity index (χ0) is 25.2. The van der Waals surface area contributed by atoms with Crippen LogP contribution in [0.5, 0.6) is 0 Å². The van der Waals surface area contributed by atoms with Crippen molar-refractivity contribution in [2.24, 2.45) is 0 Å². The van der Waals surface area contributed by atoms with Crippen molar-refractivity contribution in [1.29, 1.82) is 0 Å². The average Bonchev–Trinajstić information content (AvgIpc) is 3.27. The van der Waals surface area contributed by atoms with E-state index in [-0.39, 0.29) is 22.7 Å². The molecule has 0 spiro atoms. The van der Waals surface area contributed by atoms with Crippen LogP contribution in [0.4, 0.5) is 14.7 Å². The summed E-state index contributed by atoms with van der Waals surface area (Å²) in [6.07, 6.45) is 1.47. The lowest BCUT2D eigenvalue weighted by Crippen LogP contribution is -2.34. The van der Waals surface area contributed by atoms with Gasteiger partial charge in [-0.15, -0.1) is 0 Å². The molecule has 4 aromatic rings. The molecule has 8 nitrogen and oxygen atoms in total. The molecular formula is C23H26F2N6O2S. The van der Waals surface area contributed by atoms with Gasteiger partial charge in [0, 0.05) is 28.8 Å². The zero-order valence-corrected chi connectivity index (χ0v) is 20.6. The van der Waals surface area contributed by atoms with Gasteiger partial charge in [-0.3, -0.25) is 0 Å². The predicted molar refractivity (Wildman–Crippen MR) is 128 cm³/mol. The van der Waals surface area contributed by atoms with E-state index in [0.717, 1.165) is 16.1 Å². The number of fused-ring (bicyclic) bond motifs is 1. The number of pyridine rings is 1. The van der Waals surface area contributed by atoms with Crippen LogP contribution in [0.25, 0.3) is 33.7 Å². The van der Waals surface area contributed by atoms with Crippen LogP contribution in [0.2, 0.25) is 0 Å². The number of imidazole rings is 2. The molecule has 0 atom stereocenters. The molecule has 0 aliphatic carbocycles. The first-order valence-electron chi connectivity index (χ1n) is 10.6. The third-order valence-corrected chi connectivity index (χ3v) is 7.81. The Hall–Kier alpha value is -3.34. The molecule has 180 valence electrons. The molecule has 0 radical (unpaired) electrons. The number of halogens is 2. The minimum absolute atomic E-state index is 0.120. The van der Waals surface area contributed by atoms with Crippen LogP contribution in [0, 0.1) is 11.6 Å². The van der Waals surface area contributed by atoms with Crippen LogP contribution < -0.4 is 5.73 Å². The zero-order valence-electron chi connectivity index (χ0n) is 19.7. The maximum absolute atomic E-state index is 14.7. The van der Waals surface area contributed by atoms with Crippen LogP contribution in [0.3, 0.4) is 0 Å². The van der Waals surface area contributed by atoms with Gasteiger partial charge in [0.15, 0.2) is 5.65 Å². The van der Waals surface area contributed by atoms with Crippen LogP contribution in [-0.2, 0) is 15.4 Å². The normalized spacial score (nSPS) is 13.1. The first kappa shape index (κ1) is 23.8. The van der Waals surface area contributed by atoms with E-state index < -0.39 is 31.8 Å². The third-order valence-electron chi connectivity index (χ3n) is 5.40. The predicted octanol–water partition coefficient (Wildman–Crippen LogP) is 4.62. The molecule has 0 saturated carbocycles. The highest BCUT2D eigenvalue weighted by Crippen LogP contribution is 2.36. The average molecular weight is 489 g/mol. The number of hydrogen-bond acceptors (Lipinski definition) is 6. The number of rotatable bonds is 3. The van der Waals surface area contributed by atoms with Gasteiger partial charge in [0.2, 0.25) is 16.0 Å². The minimum atomic E-state index is -3.92. The highest BCUT2D eigenvalue weighted by atomic mass is 32.2. The molecule has 34 heavy (non-hydrogen) atoms. The molecule has 1 aromatic carbocycles. The van der Waals surface area contributed by atoms with E-state index in [2.05, 4.69) is 19.9 Å². The van der Waals surface area contributed by atoms with Gasteiger partial charge >= 0.3 is 0 Å². The lowest BCUT2D eigenvalue weighted by Gasteiger charge is -2.20. The Morgan fingerprint density at radius 2 is 1.71 bits per heavy atom. The molecule has 4 rings (SSSR count). The summed E-state index contributed by atoms with van der Waals surface area (Å²) < 4.78 is 54.5. The first-order valence-corrected chi connectivity index (χ1v) is 12.0. The smallest absolute Gasteiger partial charge is 0.246 e. The van der Waals surface area contributed by atoms with Gasteiger partial charge in [-0.25, -0.2) is 31.1 Å². The minimum Gasteiger partial charge on any atom is -0.368 e. The van der Waals surface area contributed by atoms with E-state index in [1.165, 1.54) is 12.3 Å². The Bertz CT molecular complexity index is 1530. The number of nitrogen functional groups attached to an aromatic ring is 1. The highest BCUT2D eigenvalue weighted by Gasteiger charge is 2.34. The van der Waals surface area contributed by atoms with Gasteiger partial charge in [0.25, 0.3) is 0 Å². The van der Waals surface area contributed by atoms with E-state index in [0.29, 0.717) is 22.8 Å². The fraction of sp³-hybridized carbons (Fsp3) is 0.348. The maximum Gasteiger partial charge on any atom is 0.246 e. The molecule has 3 heterocycles. The topological polar surface area (TPSA) is 120 Å². The fourth-order valence-electron chi connectivity index (χ4n) is 3.44. The van der Waals surface area contributed by atoms with Crippen molar-refractivity contribution in [3.8, 4) is 22.5 Å². The molecule has 0 aliphatic heterocycles. The van der Waals surface area contributed by atoms with Crippen molar-refractivity contribution in [1.82, 2.24) is 23.9 Å². The number of H-pyrrole nitrogens is 1.